The van der Waals surface area contributed by atoms with Crippen LogP contribution in [0.4, 0.5) is 23.4 Å². The van der Waals surface area contributed by atoms with Gasteiger partial charge < -0.3 is 15.5 Å². The molecular weight excluding hydrogens is 376 g/mol. The quantitative estimate of drug-likeness (QED) is 0.766. The second-order valence-corrected chi connectivity index (χ2v) is 8.39. The number of hydrogen-bond donors (Lipinski definition) is 2. The Morgan fingerprint density at radius 1 is 1.36 bits per heavy atom. The van der Waals surface area contributed by atoms with Gasteiger partial charge in [-0.1, -0.05) is 6.07 Å². The van der Waals surface area contributed by atoms with Crippen LogP contribution in [-0.2, 0) is 11.0 Å². The zero-order valence-corrected chi connectivity index (χ0v) is 15.6. The molecule has 0 radical (unpaired) electrons. The normalized spacial score (nSPS) is 35.2. The average molecular weight is 400 g/mol. The Hall–Kier alpha value is -1.90. The minimum absolute atomic E-state index is 0.121. The molecule has 2 N–H and O–H groups in total. The molecule has 4 rings (SSSR count). The van der Waals surface area contributed by atoms with E-state index in [1.54, 1.807) is 6.07 Å². The van der Waals surface area contributed by atoms with E-state index in [2.05, 4.69) is 15.6 Å². The van der Waals surface area contributed by atoms with Gasteiger partial charge >= 0.3 is 6.18 Å². The first-order valence-electron chi connectivity index (χ1n) is 9.64. The summed E-state index contributed by atoms with van der Waals surface area (Å²) < 4.78 is 52.3. The lowest BCUT2D eigenvalue weighted by Gasteiger charge is -2.34. The van der Waals surface area contributed by atoms with Crippen LogP contribution in [-0.4, -0.2) is 48.3 Å². The summed E-state index contributed by atoms with van der Waals surface area (Å²) in [5.41, 5.74) is -1.35. The van der Waals surface area contributed by atoms with Gasteiger partial charge in [0.25, 0.3) is 0 Å². The maximum atomic E-state index is 13.4. The monoisotopic (exact) mass is 400 g/mol. The average Bonchev–Trinajstić information content (AvgIpc) is 3.32. The fourth-order valence-electron chi connectivity index (χ4n) is 4.92. The molecule has 1 aromatic heterocycles. The van der Waals surface area contributed by atoms with E-state index in [4.69, 9.17) is 0 Å². The number of amides is 1. The summed E-state index contributed by atoms with van der Waals surface area (Å²) in [5.74, 6) is 0.525. The molecule has 3 unspecified atom stereocenters. The number of hydrogen-bond acceptors (Lipinski definition) is 4. The molecule has 28 heavy (non-hydrogen) atoms. The number of nitrogens with zero attached hydrogens (tertiary/aromatic N) is 2. The van der Waals surface area contributed by atoms with Crippen LogP contribution in [0, 0.1) is 11.8 Å². The first-order chi connectivity index (χ1) is 13.2. The maximum Gasteiger partial charge on any atom is 0.433 e. The van der Waals surface area contributed by atoms with Gasteiger partial charge in [0.1, 0.15) is 17.7 Å². The van der Waals surface area contributed by atoms with Crippen molar-refractivity contribution in [1.29, 1.82) is 0 Å². The van der Waals surface area contributed by atoms with Gasteiger partial charge in [-0.3, -0.25) is 4.79 Å². The summed E-state index contributed by atoms with van der Waals surface area (Å²) in [6.07, 6.45) is -3.61. The van der Waals surface area contributed by atoms with Crippen molar-refractivity contribution < 1.29 is 22.4 Å². The minimum atomic E-state index is -4.48. The second-order valence-electron chi connectivity index (χ2n) is 8.39. The molecule has 0 bridgehead atoms. The highest BCUT2D eigenvalue weighted by Crippen LogP contribution is 2.46. The molecule has 9 heteroatoms. The number of aromatic nitrogens is 1. The predicted octanol–water partition coefficient (Wildman–Crippen LogP) is 2.52. The zero-order valence-electron chi connectivity index (χ0n) is 15.6. The zero-order chi connectivity index (χ0) is 20.1. The van der Waals surface area contributed by atoms with E-state index >= 15 is 0 Å². The molecule has 2 aliphatic heterocycles. The SMILES string of the molecule is CC1(NC(=O)[C@@H]2C[C@@H](F)CN2)CCC2CN(c3cccc(C(F)(F)F)n3)CC21. The molecule has 3 heterocycles. The van der Waals surface area contributed by atoms with Crippen molar-refractivity contribution in [3.63, 3.8) is 0 Å². The molecule has 1 aromatic rings. The first-order valence-corrected chi connectivity index (χ1v) is 9.64. The van der Waals surface area contributed by atoms with Crippen LogP contribution in [0.5, 0.6) is 0 Å². The summed E-state index contributed by atoms with van der Waals surface area (Å²) in [4.78, 5) is 18.2. The number of rotatable bonds is 3. The summed E-state index contributed by atoms with van der Waals surface area (Å²) >= 11 is 0. The van der Waals surface area contributed by atoms with Crippen molar-refractivity contribution in [2.75, 3.05) is 24.5 Å². The van der Waals surface area contributed by atoms with Crippen LogP contribution in [0.3, 0.4) is 0 Å². The van der Waals surface area contributed by atoms with E-state index in [1.165, 1.54) is 6.07 Å². The van der Waals surface area contributed by atoms with E-state index < -0.39 is 29.6 Å². The van der Waals surface area contributed by atoms with E-state index in [0.717, 1.165) is 18.9 Å². The molecule has 154 valence electrons. The summed E-state index contributed by atoms with van der Waals surface area (Å²) in [6, 6.07) is 3.42. The molecule has 5 atom stereocenters. The van der Waals surface area contributed by atoms with Crippen molar-refractivity contribution in [3.05, 3.63) is 23.9 Å². The van der Waals surface area contributed by atoms with E-state index in [1.807, 2.05) is 11.8 Å². The fourth-order valence-corrected chi connectivity index (χ4v) is 4.92. The Bertz CT molecular complexity index is 758. The van der Waals surface area contributed by atoms with Gasteiger partial charge in [0, 0.05) is 37.5 Å². The van der Waals surface area contributed by atoms with Crippen molar-refractivity contribution in [1.82, 2.24) is 15.6 Å². The van der Waals surface area contributed by atoms with Crippen LogP contribution >= 0.6 is 0 Å². The van der Waals surface area contributed by atoms with Gasteiger partial charge in [-0.05, 0) is 37.8 Å². The van der Waals surface area contributed by atoms with Gasteiger partial charge in [0.05, 0.1) is 6.04 Å². The molecule has 1 amide bonds. The highest BCUT2D eigenvalue weighted by atomic mass is 19.4. The van der Waals surface area contributed by atoms with E-state index in [9.17, 15) is 22.4 Å². The van der Waals surface area contributed by atoms with Gasteiger partial charge in [-0.15, -0.1) is 0 Å². The van der Waals surface area contributed by atoms with Crippen LogP contribution in [0.2, 0.25) is 0 Å². The summed E-state index contributed by atoms with van der Waals surface area (Å²) in [5, 5.41) is 6.00. The Balaban J connectivity index is 1.46. The molecule has 5 nitrogen and oxygen atoms in total. The lowest BCUT2D eigenvalue weighted by molar-refractivity contribution is -0.141. The number of pyridine rings is 1. The highest BCUT2D eigenvalue weighted by molar-refractivity contribution is 5.83. The molecule has 3 aliphatic rings. The van der Waals surface area contributed by atoms with Crippen molar-refractivity contribution in [3.8, 4) is 0 Å². The Labute approximate surface area is 160 Å². The molecule has 0 aromatic carbocycles. The largest absolute Gasteiger partial charge is 0.433 e. The smallest absolute Gasteiger partial charge is 0.356 e. The van der Waals surface area contributed by atoms with Gasteiger partial charge in [0.15, 0.2) is 0 Å². The topological polar surface area (TPSA) is 57.3 Å². The molecule has 1 aliphatic carbocycles. The standard InChI is InChI=1S/C19H24F4N4O/c1-18(26-17(28)14-7-12(20)8-24-14)6-5-11-9-27(10-13(11)18)16-4-2-3-15(25-16)19(21,22)23/h2-4,11-14,24H,5-10H2,1H3,(H,26,28)/t11?,12-,13?,14+,18?/m1/s1. The van der Waals surface area contributed by atoms with Crippen molar-refractivity contribution >= 4 is 11.7 Å². The third-order valence-electron chi connectivity index (χ3n) is 6.45. The Kier molecular flexibility index (Phi) is 4.76. The summed E-state index contributed by atoms with van der Waals surface area (Å²) in [7, 11) is 0. The van der Waals surface area contributed by atoms with Gasteiger partial charge in [-0.25, -0.2) is 9.37 Å². The van der Waals surface area contributed by atoms with Gasteiger partial charge in [-0.2, -0.15) is 13.2 Å². The molecular formula is C19H24F4N4O. The first kappa shape index (κ1) is 19.4. The summed E-state index contributed by atoms with van der Waals surface area (Å²) in [6.45, 7) is 3.34. The fraction of sp³-hybridized carbons (Fsp3) is 0.684. The van der Waals surface area contributed by atoms with Crippen molar-refractivity contribution in [2.24, 2.45) is 11.8 Å². The highest BCUT2D eigenvalue weighted by Gasteiger charge is 2.51. The lowest BCUT2D eigenvalue weighted by Crippen LogP contribution is -2.55. The predicted molar refractivity (Wildman–Crippen MR) is 95.5 cm³/mol. The Morgan fingerprint density at radius 2 is 2.14 bits per heavy atom. The maximum absolute atomic E-state index is 13.4. The number of halogens is 4. The van der Waals surface area contributed by atoms with Gasteiger partial charge in [0.2, 0.25) is 5.91 Å². The number of anilines is 1. The van der Waals surface area contributed by atoms with Crippen molar-refractivity contribution in [2.45, 2.75) is 50.1 Å². The molecule has 3 fully saturated rings. The number of nitrogens with one attached hydrogen (secondary N) is 2. The number of alkyl halides is 4. The Morgan fingerprint density at radius 3 is 2.82 bits per heavy atom. The minimum Gasteiger partial charge on any atom is -0.356 e. The molecule has 0 spiro atoms. The number of fused-ring (bicyclic) bond motifs is 1. The molecule has 2 saturated heterocycles. The van der Waals surface area contributed by atoms with E-state index in [-0.39, 0.29) is 30.7 Å². The van der Waals surface area contributed by atoms with Crippen LogP contribution < -0.4 is 15.5 Å². The molecule has 1 saturated carbocycles. The lowest BCUT2D eigenvalue weighted by atomic mass is 9.86. The number of carbonyl (C=O) groups is 1. The van der Waals surface area contributed by atoms with Crippen LogP contribution in [0.15, 0.2) is 18.2 Å². The third-order valence-corrected chi connectivity index (χ3v) is 6.45. The third kappa shape index (κ3) is 3.56. The van der Waals surface area contributed by atoms with Crippen LogP contribution in [0.1, 0.15) is 31.9 Å². The van der Waals surface area contributed by atoms with E-state index in [0.29, 0.717) is 18.9 Å². The second kappa shape index (κ2) is 6.86. The number of carbonyl (C=O) groups excluding carboxylic acids is 1. The van der Waals surface area contributed by atoms with Crippen LogP contribution in [0.25, 0.3) is 0 Å².